The summed E-state index contributed by atoms with van der Waals surface area (Å²) in [5.41, 5.74) is 1.53. The minimum Gasteiger partial charge on any atom is -0.358 e. The van der Waals surface area contributed by atoms with Gasteiger partial charge in [0.05, 0.1) is 0 Å². The molecule has 2 aromatic carbocycles. The molecule has 0 N–H and O–H groups in total. The molecule has 0 aliphatic rings. The standard InChI is InChI=1S/C15H19.2CH3.Hf/c1-2-3-4-5-8-13-11-12-14-9-6-7-10-15(13)14;;;/h6-7,9-12H,2-5,8H2,1H3;2*1H3;/q3*-1;. The molecule has 0 amide bonds. The number of fused-ring (bicyclic) bond motifs is 1. The molecule has 100 valence electrons. The second-order valence-electron chi connectivity index (χ2n) is 4.26. The second kappa shape index (κ2) is 10.6. The topological polar surface area (TPSA) is 0 Å². The van der Waals surface area contributed by atoms with Crippen LogP contribution >= 0.6 is 0 Å². The van der Waals surface area contributed by atoms with Crippen LogP contribution in [0, 0.1) is 14.9 Å². The van der Waals surface area contributed by atoms with Crippen molar-refractivity contribution in [2.75, 3.05) is 0 Å². The van der Waals surface area contributed by atoms with E-state index >= 15 is 0 Å². The molecule has 0 bridgehead atoms. The minimum atomic E-state index is 0. The zero-order valence-corrected chi connectivity index (χ0v) is 15.6. The summed E-state index contributed by atoms with van der Waals surface area (Å²) in [6, 6.07) is 13.2. The summed E-state index contributed by atoms with van der Waals surface area (Å²) in [5.74, 6) is 0. The molecule has 0 aromatic heterocycles. The molecule has 2 aromatic rings. The monoisotopic (exact) mass is 409 g/mol. The Bertz CT molecular complexity index is 414. The van der Waals surface area contributed by atoms with E-state index in [0.29, 0.717) is 0 Å². The van der Waals surface area contributed by atoms with Gasteiger partial charge in [-0.15, -0.1) is 40.6 Å². The molecule has 0 saturated carbocycles. The van der Waals surface area contributed by atoms with Crippen molar-refractivity contribution in [2.24, 2.45) is 0 Å². The van der Waals surface area contributed by atoms with Gasteiger partial charge in [0.25, 0.3) is 0 Å². The molecular formula is C17H25Hf-3. The van der Waals surface area contributed by atoms with Crippen molar-refractivity contribution in [3.63, 3.8) is 0 Å². The predicted octanol–water partition coefficient (Wildman–Crippen LogP) is 5.58. The Kier molecular flexibility index (Phi) is 11.8. The SMILES string of the molecule is CCCCCC[c-]1ccc2ccccc21.[CH3-].[CH3-].[Hf]. The van der Waals surface area contributed by atoms with Gasteiger partial charge in [-0.2, -0.15) is 6.07 Å². The van der Waals surface area contributed by atoms with E-state index in [1.165, 1.54) is 48.4 Å². The molecule has 0 unspecified atom stereocenters. The van der Waals surface area contributed by atoms with Gasteiger partial charge in [-0.1, -0.05) is 45.1 Å². The molecule has 18 heavy (non-hydrogen) atoms. The maximum atomic E-state index is 2.29. The zero-order valence-electron chi connectivity index (χ0n) is 12.0. The molecule has 0 aliphatic heterocycles. The predicted molar refractivity (Wildman–Crippen MR) is 80.2 cm³/mol. The first-order chi connectivity index (χ1) is 7.42. The summed E-state index contributed by atoms with van der Waals surface area (Å²) in [4.78, 5) is 0. The second-order valence-corrected chi connectivity index (χ2v) is 4.26. The maximum Gasteiger partial charge on any atom is 0 e. The van der Waals surface area contributed by atoms with Crippen molar-refractivity contribution < 1.29 is 25.8 Å². The first kappa shape index (κ1) is 20.0. The average Bonchev–Trinajstić information content (AvgIpc) is 2.68. The van der Waals surface area contributed by atoms with Gasteiger partial charge in [0.1, 0.15) is 0 Å². The molecule has 0 spiro atoms. The van der Waals surface area contributed by atoms with E-state index in [4.69, 9.17) is 0 Å². The van der Waals surface area contributed by atoms with Crippen molar-refractivity contribution in [3.05, 3.63) is 56.8 Å². The first-order valence-corrected chi connectivity index (χ1v) is 6.05. The minimum absolute atomic E-state index is 0. The Balaban J connectivity index is 0. The van der Waals surface area contributed by atoms with Crippen LogP contribution in [0.3, 0.4) is 0 Å². The third-order valence-electron chi connectivity index (χ3n) is 3.07. The van der Waals surface area contributed by atoms with Crippen molar-refractivity contribution in [1.82, 2.24) is 0 Å². The largest absolute Gasteiger partial charge is 0.358 e. The van der Waals surface area contributed by atoms with Crippen LogP contribution in [0.15, 0.2) is 36.4 Å². The van der Waals surface area contributed by atoms with Gasteiger partial charge < -0.3 is 14.9 Å². The molecule has 2 rings (SSSR count). The van der Waals surface area contributed by atoms with Crippen molar-refractivity contribution in [1.29, 1.82) is 0 Å². The third kappa shape index (κ3) is 5.14. The molecule has 0 radical (unpaired) electrons. The molecule has 0 aliphatic carbocycles. The summed E-state index contributed by atoms with van der Waals surface area (Å²) >= 11 is 0. The summed E-state index contributed by atoms with van der Waals surface area (Å²) in [6.45, 7) is 2.26. The fourth-order valence-electron chi connectivity index (χ4n) is 2.18. The van der Waals surface area contributed by atoms with Crippen LogP contribution in [0.25, 0.3) is 10.8 Å². The van der Waals surface area contributed by atoms with Crippen LogP contribution in [-0.2, 0) is 32.3 Å². The Morgan fingerprint density at radius 1 is 0.944 bits per heavy atom. The summed E-state index contributed by atoms with van der Waals surface area (Å²) < 4.78 is 0. The number of hydrogen-bond acceptors (Lipinski definition) is 0. The van der Waals surface area contributed by atoms with Crippen molar-refractivity contribution in [2.45, 2.75) is 39.0 Å². The van der Waals surface area contributed by atoms with Gasteiger partial charge >= 0.3 is 0 Å². The van der Waals surface area contributed by atoms with Gasteiger partial charge in [0.15, 0.2) is 0 Å². The van der Waals surface area contributed by atoms with Gasteiger partial charge in [-0.05, 0) is 0 Å². The van der Waals surface area contributed by atoms with E-state index in [-0.39, 0.29) is 40.7 Å². The van der Waals surface area contributed by atoms with Gasteiger partial charge in [-0.3, -0.25) is 0 Å². The number of hydrogen-bond donors (Lipinski definition) is 0. The van der Waals surface area contributed by atoms with Crippen LogP contribution in [-0.4, -0.2) is 0 Å². The van der Waals surface area contributed by atoms with E-state index < -0.39 is 0 Å². The number of unbranched alkanes of at least 4 members (excludes halogenated alkanes) is 3. The van der Waals surface area contributed by atoms with Crippen LogP contribution in [0.2, 0.25) is 0 Å². The first-order valence-electron chi connectivity index (χ1n) is 6.05. The van der Waals surface area contributed by atoms with Crippen molar-refractivity contribution in [3.8, 4) is 0 Å². The molecular weight excluding hydrogens is 383 g/mol. The summed E-state index contributed by atoms with van der Waals surface area (Å²) in [5, 5.41) is 2.84. The van der Waals surface area contributed by atoms with E-state index in [1.807, 2.05) is 0 Å². The van der Waals surface area contributed by atoms with E-state index in [9.17, 15) is 0 Å². The third-order valence-corrected chi connectivity index (χ3v) is 3.07. The Morgan fingerprint density at radius 3 is 2.39 bits per heavy atom. The van der Waals surface area contributed by atoms with Crippen LogP contribution in [0.1, 0.15) is 38.2 Å². The Labute approximate surface area is 132 Å². The van der Waals surface area contributed by atoms with Gasteiger partial charge in [0.2, 0.25) is 0 Å². The van der Waals surface area contributed by atoms with Crippen molar-refractivity contribution >= 4 is 10.8 Å². The van der Waals surface area contributed by atoms with Gasteiger partial charge in [0, 0.05) is 25.8 Å². The zero-order chi connectivity index (χ0) is 10.5. The molecule has 0 saturated heterocycles. The molecule has 0 atom stereocenters. The molecule has 0 fully saturated rings. The van der Waals surface area contributed by atoms with E-state index in [0.717, 1.165) is 0 Å². The molecule has 0 heterocycles. The Hall–Kier alpha value is -0.300. The number of aryl methyl sites for hydroxylation is 1. The van der Waals surface area contributed by atoms with Crippen LogP contribution in [0.4, 0.5) is 0 Å². The van der Waals surface area contributed by atoms with Gasteiger partial charge in [-0.25, -0.2) is 0 Å². The molecule has 0 nitrogen and oxygen atoms in total. The normalized spacial score (nSPS) is 9.17. The number of benzene rings is 1. The Morgan fingerprint density at radius 2 is 1.67 bits per heavy atom. The fraction of sp³-hybridized carbons (Fsp3) is 0.353. The van der Waals surface area contributed by atoms with E-state index in [1.54, 1.807) is 0 Å². The average molecular weight is 408 g/mol. The summed E-state index contributed by atoms with van der Waals surface area (Å²) in [6.07, 6.45) is 6.64. The quantitative estimate of drug-likeness (QED) is 0.345. The van der Waals surface area contributed by atoms with Crippen LogP contribution < -0.4 is 0 Å². The van der Waals surface area contributed by atoms with Crippen LogP contribution in [0.5, 0.6) is 0 Å². The number of rotatable bonds is 5. The maximum absolute atomic E-state index is 2.29. The fourth-order valence-corrected chi connectivity index (χ4v) is 2.18. The summed E-state index contributed by atoms with van der Waals surface area (Å²) in [7, 11) is 0. The van der Waals surface area contributed by atoms with E-state index in [2.05, 4.69) is 43.3 Å². The molecule has 1 heteroatoms. The smallest absolute Gasteiger partial charge is 0 e.